The zero-order valence-electron chi connectivity index (χ0n) is 32.7. The van der Waals surface area contributed by atoms with Gasteiger partial charge in [0.1, 0.15) is 12.4 Å². The van der Waals surface area contributed by atoms with Gasteiger partial charge in [0.05, 0.1) is 0 Å². The summed E-state index contributed by atoms with van der Waals surface area (Å²) in [6.07, 6.45) is 8.13. The van der Waals surface area contributed by atoms with Crippen molar-refractivity contribution in [2.24, 2.45) is 22.6 Å². The smallest absolute Gasteiger partial charge is 0.153 e. The molecule has 0 radical (unpaired) electrons. The first-order chi connectivity index (χ1) is 23.0. The first-order valence-corrected chi connectivity index (χ1v) is 18.0. The van der Waals surface area contributed by atoms with Crippen molar-refractivity contribution >= 4 is 17.6 Å². The number of hydrogen-bond acceptors (Lipinski definition) is 4. The number of ether oxygens (including phenoxy) is 1. The number of carbonyl (C=O) groups is 1. The molecule has 1 aliphatic heterocycles. The minimum Gasteiger partial charge on any atom is -0.489 e. The fraction of sp³-hybridized carbons (Fsp3) is 0.455. The quantitative estimate of drug-likeness (QED) is 0.212. The van der Waals surface area contributed by atoms with Crippen molar-refractivity contribution < 1.29 is 9.53 Å². The van der Waals surface area contributed by atoms with Gasteiger partial charge in [-0.05, 0) is 127 Å². The summed E-state index contributed by atoms with van der Waals surface area (Å²) in [6.45, 7) is 27.4. The zero-order valence-corrected chi connectivity index (χ0v) is 32.7. The average Bonchev–Trinajstić information content (AvgIpc) is 3.11. The Balaban J connectivity index is 0.00000178. The van der Waals surface area contributed by atoms with Crippen LogP contribution in [0, 0.1) is 25.7 Å². The highest BCUT2D eigenvalue weighted by Crippen LogP contribution is 2.38. The number of carbonyl (C=O) groups excluding carboxylic acids is 1. The molecule has 6 bridgehead atoms. The van der Waals surface area contributed by atoms with Gasteiger partial charge in [0.15, 0.2) is 5.78 Å². The topological polar surface area (TPSA) is 64.7 Å². The molecule has 2 unspecified atom stereocenters. The Morgan fingerprint density at radius 2 is 1.46 bits per heavy atom. The highest BCUT2D eigenvalue weighted by atomic mass is 16.5. The van der Waals surface area contributed by atoms with Crippen molar-refractivity contribution in [3.05, 3.63) is 117 Å². The molecule has 3 aromatic carbocycles. The molecule has 2 atom stereocenters. The number of allylic oxidation sites excluding steroid dienone is 2. The van der Waals surface area contributed by atoms with Gasteiger partial charge in [-0.2, -0.15) is 0 Å². The van der Waals surface area contributed by atoms with Gasteiger partial charge in [-0.3, -0.25) is 9.79 Å². The lowest BCUT2D eigenvalue weighted by Crippen LogP contribution is -2.06. The van der Waals surface area contributed by atoms with Crippen LogP contribution in [0.5, 0.6) is 5.75 Å². The van der Waals surface area contributed by atoms with E-state index < -0.39 is 0 Å². The Labute approximate surface area is 294 Å². The van der Waals surface area contributed by atoms with Crippen LogP contribution in [0.15, 0.2) is 83.5 Å². The van der Waals surface area contributed by atoms with Crippen LogP contribution < -0.4 is 10.5 Å². The Hall–Kier alpha value is -3.76. The molecule has 4 heteroatoms. The van der Waals surface area contributed by atoms with Crippen molar-refractivity contribution in [1.29, 1.82) is 0 Å². The fourth-order valence-electron chi connectivity index (χ4n) is 4.78. The van der Waals surface area contributed by atoms with Crippen LogP contribution in [0.4, 0.5) is 0 Å². The maximum atomic E-state index is 12.3. The van der Waals surface area contributed by atoms with E-state index in [1.807, 2.05) is 46.2 Å². The highest BCUT2D eigenvalue weighted by molar-refractivity contribution is 5.99. The van der Waals surface area contributed by atoms with Gasteiger partial charge in [0, 0.05) is 18.3 Å². The number of rotatable bonds is 6. The molecule has 0 aromatic heterocycles. The van der Waals surface area contributed by atoms with E-state index in [2.05, 4.69) is 121 Å². The minimum absolute atomic E-state index is 0.00109. The molecule has 4 nitrogen and oxygen atoms in total. The van der Waals surface area contributed by atoms with E-state index in [9.17, 15) is 4.79 Å². The van der Waals surface area contributed by atoms with E-state index in [0.29, 0.717) is 12.5 Å². The van der Waals surface area contributed by atoms with Crippen molar-refractivity contribution in [2.45, 2.75) is 115 Å². The van der Waals surface area contributed by atoms with Crippen LogP contribution in [-0.2, 0) is 11.4 Å². The largest absolute Gasteiger partial charge is 0.489 e. The van der Waals surface area contributed by atoms with Crippen molar-refractivity contribution in [2.75, 3.05) is 7.05 Å². The molecule has 4 rings (SSSR count). The Morgan fingerprint density at radius 1 is 0.875 bits per heavy atom. The lowest BCUT2D eigenvalue weighted by molar-refractivity contribution is -0.112. The maximum Gasteiger partial charge on any atom is 0.153 e. The van der Waals surface area contributed by atoms with Crippen LogP contribution in [-0.4, -0.2) is 19.0 Å². The number of nitrogens with two attached hydrogens (primary N) is 1. The zero-order chi connectivity index (χ0) is 36.8. The Morgan fingerprint density at radius 3 is 2.02 bits per heavy atom. The third-order valence-corrected chi connectivity index (χ3v) is 7.95. The number of aliphatic imine (C=N–C) groups is 1. The lowest BCUT2D eigenvalue weighted by Gasteiger charge is -2.22. The molecular formula is C44H66N2O2. The molecule has 1 heterocycles. The van der Waals surface area contributed by atoms with Gasteiger partial charge in [-0.15, -0.1) is 0 Å². The van der Waals surface area contributed by atoms with Crippen molar-refractivity contribution in [3.63, 3.8) is 0 Å². The second-order valence-corrected chi connectivity index (χ2v) is 12.0. The molecule has 0 saturated heterocycles. The maximum absolute atomic E-state index is 12.3. The van der Waals surface area contributed by atoms with Crippen LogP contribution in [0.1, 0.15) is 134 Å². The second-order valence-electron chi connectivity index (χ2n) is 12.0. The Kier molecular flexibility index (Phi) is 22.5. The Bertz CT molecular complexity index is 1460. The van der Waals surface area contributed by atoms with E-state index in [1.54, 1.807) is 13.0 Å². The average molecular weight is 655 g/mol. The summed E-state index contributed by atoms with van der Waals surface area (Å²) < 4.78 is 6.35. The molecular weight excluding hydrogens is 588 g/mol. The fourth-order valence-corrected chi connectivity index (χ4v) is 4.78. The van der Waals surface area contributed by atoms with E-state index >= 15 is 0 Å². The molecule has 3 aromatic rings. The number of fused-ring (bicyclic) bond motifs is 6. The molecule has 0 aliphatic carbocycles. The normalized spacial score (nSPS) is 14.9. The number of aryl methyl sites for hydroxylation is 2. The molecule has 0 amide bonds. The van der Waals surface area contributed by atoms with Gasteiger partial charge in [-0.25, -0.2) is 0 Å². The number of hydrogen-bond donors (Lipinski definition) is 1. The predicted octanol–water partition coefficient (Wildman–Crippen LogP) is 12.0. The van der Waals surface area contributed by atoms with Gasteiger partial charge < -0.3 is 10.5 Å². The third-order valence-electron chi connectivity index (χ3n) is 7.95. The number of benzene rings is 3. The van der Waals surface area contributed by atoms with Crippen LogP contribution >= 0.6 is 0 Å². The number of nitrogens with zero attached hydrogens (tertiary/aromatic N) is 1. The summed E-state index contributed by atoms with van der Waals surface area (Å²) in [4.78, 5) is 17.0. The van der Waals surface area contributed by atoms with Crippen LogP contribution in [0.25, 0.3) is 5.57 Å². The van der Waals surface area contributed by atoms with Crippen LogP contribution in [0.3, 0.4) is 0 Å². The van der Waals surface area contributed by atoms with Crippen molar-refractivity contribution in [1.82, 2.24) is 0 Å². The lowest BCUT2D eigenvalue weighted by atomic mass is 9.82. The molecule has 2 N–H and O–H groups in total. The molecule has 48 heavy (non-hydrogen) atoms. The van der Waals surface area contributed by atoms with E-state index in [-0.39, 0.29) is 11.7 Å². The summed E-state index contributed by atoms with van der Waals surface area (Å²) in [5.41, 5.74) is 14.3. The van der Waals surface area contributed by atoms with Gasteiger partial charge in [0.25, 0.3) is 0 Å². The monoisotopic (exact) mass is 655 g/mol. The van der Waals surface area contributed by atoms with Gasteiger partial charge >= 0.3 is 0 Å². The summed E-state index contributed by atoms with van der Waals surface area (Å²) in [7, 11) is 1.50. The van der Waals surface area contributed by atoms with Crippen LogP contribution in [0.2, 0.25) is 0 Å². The minimum atomic E-state index is -0.00109. The molecule has 0 fully saturated rings. The molecule has 0 saturated carbocycles. The molecule has 1 aliphatic rings. The van der Waals surface area contributed by atoms with E-state index in [0.717, 1.165) is 68.2 Å². The van der Waals surface area contributed by atoms with Gasteiger partial charge in [0.2, 0.25) is 0 Å². The summed E-state index contributed by atoms with van der Waals surface area (Å²) in [6, 6.07) is 21.4. The summed E-state index contributed by atoms with van der Waals surface area (Å²) >= 11 is 0. The third kappa shape index (κ3) is 14.2. The van der Waals surface area contributed by atoms with E-state index in [4.69, 9.17) is 4.74 Å². The molecule has 0 spiro atoms. The van der Waals surface area contributed by atoms with Crippen molar-refractivity contribution in [3.8, 4) is 5.75 Å². The predicted molar refractivity (Wildman–Crippen MR) is 212 cm³/mol. The molecule has 264 valence electrons. The van der Waals surface area contributed by atoms with Gasteiger partial charge in [-0.1, -0.05) is 111 Å². The first kappa shape index (κ1) is 44.2. The standard InChI is InChI=1S/C34H37NO2.C5H12.2C2H6.CH5N/c1-7-22(2)19-35-20-25(5)34-29-13-11-23(3)31(17-29)32(15-26(6)36)28-10-8-9-27(16-28)21-37-33-18-30(34)14-12-24(33)4;1-4-5(2)3;3*1-2/h8-20,22,34H,7,21H2,1-6H3;5H,4H2,1-3H3;2*1-2H3;2H2,1H3/b25-20+,32-15-,35-19?;;;;. The first-order valence-electron chi connectivity index (χ1n) is 18.0. The highest BCUT2D eigenvalue weighted by Gasteiger charge is 2.21. The SMILES string of the molecule is CC.CC.CCC(C)C.CCC(C)C=N/C=C(\C)C1c2ccc(C)c(c2)OCc2cccc(c2)/C(=C/C(C)=O)c2cc1ccc2C.CN. The number of ketones is 1. The summed E-state index contributed by atoms with van der Waals surface area (Å²) in [5.74, 6) is 2.23. The second kappa shape index (κ2) is 24.4. The van der Waals surface area contributed by atoms with E-state index in [1.165, 1.54) is 13.5 Å². The summed E-state index contributed by atoms with van der Waals surface area (Å²) in [5, 5.41) is 0.